The van der Waals surface area contributed by atoms with Gasteiger partial charge in [-0.2, -0.15) is 11.8 Å². The van der Waals surface area contributed by atoms with Gasteiger partial charge < -0.3 is 10.1 Å². The Morgan fingerprint density at radius 2 is 2.44 bits per heavy atom. The standard InChI is InChI=1S/C13H20N2OS2/c1-2-14-9-4-3-5-10-12(9)18-13(15-10)11-8-17-7-6-16-11/h9,11,14H,2-8H2,1H3. The molecule has 0 amide bonds. The van der Waals surface area contributed by atoms with Gasteiger partial charge in [-0.3, -0.25) is 0 Å². The van der Waals surface area contributed by atoms with Crippen LogP contribution >= 0.6 is 23.1 Å². The van der Waals surface area contributed by atoms with Gasteiger partial charge in [0, 0.05) is 22.4 Å². The van der Waals surface area contributed by atoms with Crippen LogP contribution in [0.1, 0.15) is 47.5 Å². The minimum absolute atomic E-state index is 0.238. The van der Waals surface area contributed by atoms with Gasteiger partial charge in [-0.15, -0.1) is 11.3 Å². The molecule has 1 N–H and O–H groups in total. The highest BCUT2D eigenvalue weighted by Gasteiger charge is 2.27. The molecular weight excluding hydrogens is 264 g/mol. The van der Waals surface area contributed by atoms with E-state index in [4.69, 9.17) is 9.72 Å². The van der Waals surface area contributed by atoms with Gasteiger partial charge in [0.05, 0.1) is 12.3 Å². The van der Waals surface area contributed by atoms with Crippen LogP contribution in [0.2, 0.25) is 0 Å². The van der Waals surface area contributed by atoms with Crippen molar-refractivity contribution in [2.75, 3.05) is 24.7 Å². The van der Waals surface area contributed by atoms with Crippen LogP contribution in [0.15, 0.2) is 0 Å². The first-order chi connectivity index (χ1) is 8.88. The average Bonchev–Trinajstić information content (AvgIpc) is 2.85. The first kappa shape index (κ1) is 12.9. The number of hydrogen-bond donors (Lipinski definition) is 1. The average molecular weight is 284 g/mol. The molecule has 1 saturated heterocycles. The van der Waals surface area contributed by atoms with E-state index < -0.39 is 0 Å². The fraction of sp³-hybridized carbons (Fsp3) is 0.769. The maximum atomic E-state index is 5.84. The van der Waals surface area contributed by atoms with E-state index in [-0.39, 0.29) is 6.10 Å². The Bertz CT molecular complexity index is 402. The molecule has 0 aromatic carbocycles. The molecular formula is C13H20N2OS2. The quantitative estimate of drug-likeness (QED) is 0.925. The van der Waals surface area contributed by atoms with Crippen molar-refractivity contribution in [3.63, 3.8) is 0 Å². The Morgan fingerprint density at radius 1 is 1.50 bits per heavy atom. The molecule has 2 heterocycles. The Labute approximate surface area is 117 Å². The fourth-order valence-electron chi connectivity index (χ4n) is 2.65. The predicted octanol–water partition coefficient (Wildman–Crippen LogP) is 2.93. The second-order valence-electron chi connectivity index (χ2n) is 4.80. The molecule has 1 aromatic heterocycles. The van der Waals surface area contributed by atoms with Gasteiger partial charge >= 0.3 is 0 Å². The van der Waals surface area contributed by atoms with E-state index in [1.54, 1.807) is 0 Å². The largest absolute Gasteiger partial charge is 0.369 e. The summed E-state index contributed by atoms with van der Waals surface area (Å²) in [7, 11) is 0. The van der Waals surface area contributed by atoms with E-state index >= 15 is 0 Å². The van der Waals surface area contributed by atoms with Crippen molar-refractivity contribution in [1.29, 1.82) is 0 Å². The first-order valence-electron chi connectivity index (χ1n) is 6.80. The number of fused-ring (bicyclic) bond motifs is 1. The highest BCUT2D eigenvalue weighted by atomic mass is 32.2. The summed E-state index contributed by atoms with van der Waals surface area (Å²) in [5, 5.41) is 4.79. The third-order valence-corrected chi connectivity index (χ3v) is 5.81. The van der Waals surface area contributed by atoms with Crippen LogP contribution in [0.5, 0.6) is 0 Å². The van der Waals surface area contributed by atoms with Crippen molar-refractivity contribution in [2.45, 2.75) is 38.3 Å². The van der Waals surface area contributed by atoms with E-state index in [2.05, 4.69) is 12.2 Å². The summed E-state index contributed by atoms with van der Waals surface area (Å²) in [6.07, 6.45) is 3.89. The predicted molar refractivity (Wildman–Crippen MR) is 77.5 cm³/mol. The van der Waals surface area contributed by atoms with Crippen molar-refractivity contribution in [3.8, 4) is 0 Å². The lowest BCUT2D eigenvalue weighted by atomic mass is 9.98. The summed E-state index contributed by atoms with van der Waals surface area (Å²) < 4.78 is 5.84. The molecule has 0 saturated carbocycles. The third-order valence-electron chi connectivity index (χ3n) is 3.51. The molecule has 1 aliphatic carbocycles. The minimum atomic E-state index is 0.238. The molecule has 1 aliphatic heterocycles. The SMILES string of the molecule is CCNC1CCCc2nc(C3CSCCO3)sc21. The van der Waals surface area contributed by atoms with E-state index in [0.29, 0.717) is 6.04 Å². The molecule has 1 fully saturated rings. The third kappa shape index (κ3) is 2.59. The summed E-state index contributed by atoms with van der Waals surface area (Å²) in [6, 6.07) is 0.529. The van der Waals surface area contributed by atoms with Crippen molar-refractivity contribution < 1.29 is 4.74 Å². The maximum Gasteiger partial charge on any atom is 0.123 e. The summed E-state index contributed by atoms with van der Waals surface area (Å²) in [6.45, 7) is 4.08. The van der Waals surface area contributed by atoms with Crippen LogP contribution in [0.4, 0.5) is 0 Å². The Kier molecular flexibility index (Phi) is 4.23. The molecule has 1 aromatic rings. The van der Waals surface area contributed by atoms with Gasteiger partial charge in [0.1, 0.15) is 11.1 Å². The highest BCUT2D eigenvalue weighted by Crippen LogP contribution is 2.38. The van der Waals surface area contributed by atoms with Gasteiger partial charge in [-0.1, -0.05) is 6.92 Å². The fourth-order valence-corrected chi connectivity index (χ4v) is 4.88. The summed E-state index contributed by atoms with van der Waals surface area (Å²) in [4.78, 5) is 6.32. The number of rotatable bonds is 3. The molecule has 0 radical (unpaired) electrons. The molecule has 0 bridgehead atoms. The molecule has 2 unspecified atom stereocenters. The zero-order chi connectivity index (χ0) is 12.4. The van der Waals surface area contributed by atoms with Crippen LogP contribution in [-0.2, 0) is 11.2 Å². The molecule has 2 atom stereocenters. The maximum absolute atomic E-state index is 5.84. The van der Waals surface area contributed by atoms with Gasteiger partial charge in [0.15, 0.2) is 0 Å². The Hall–Kier alpha value is -0.100. The van der Waals surface area contributed by atoms with Gasteiger partial charge in [0.25, 0.3) is 0 Å². The number of thiazole rings is 1. The number of thioether (sulfide) groups is 1. The van der Waals surface area contributed by atoms with Gasteiger partial charge in [-0.25, -0.2) is 4.98 Å². The Balaban J connectivity index is 1.81. The first-order valence-corrected chi connectivity index (χ1v) is 8.78. The molecule has 3 nitrogen and oxygen atoms in total. The second-order valence-corrected chi connectivity index (χ2v) is 7.01. The van der Waals surface area contributed by atoms with Crippen molar-refractivity contribution in [2.24, 2.45) is 0 Å². The van der Waals surface area contributed by atoms with Crippen molar-refractivity contribution in [3.05, 3.63) is 15.6 Å². The smallest absolute Gasteiger partial charge is 0.123 e. The van der Waals surface area contributed by atoms with Crippen molar-refractivity contribution in [1.82, 2.24) is 10.3 Å². The topological polar surface area (TPSA) is 34.2 Å². The Morgan fingerprint density at radius 3 is 3.22 bits per heavy atom. The summed E-state index contributed by atoms with van der Waals surface area (Å²) in [5.41, 5.74) is 1.33. The molecule has 5 heteroatoms. The lowest BCUT2D eigenvalue weighted by Gasteiger charge is -2.21. The number of aryl methyl sites for hydroxylation is 1. The zero-order valence-electron chi connectivity index (χ0n) is 10.8. The second kappa shape index (κ2) is 5.90. The zero-order valence-corrected chi connectivity index (χ0v) is 12.4. The lowest BCUT2D eigenvalue weighted by Crippen LogP contribution is -2.23. The van der Waals surface area contributed by atoms with Crippen LogP contribution in [0, 0.1) is 0 Å². The van der Waals surface area contributed by atoms with Crippen LogP contribution < -0.4 is 5.32 Å². The lowest BCUT2D eigenvalue weighted by molar-refractivity contribution is 0.0754. The molecule has 0 spiro atoms. The molecule has 18 heavy (non-hydrogen) atoms. The normalized spacial score (nSPS) is 28.1. The number of nitrogens with one attached hydrogen (secondary N) is 1. The van der Waals surface area contributed by atoms with E-state index in [1.165, 1.54) is 28.4 Å². The number of nitrogens with zero attached hydrogens (tertiary/aromatic N) is 1. The van der Waals surface area contributed by atoms with E-state index in [0.717, 1.165) is 31.1 Å². The summed E-state index contributed by atoms with van der Waals surface area (Å²) >= 11 is 3.86. The van der Waals surface area contributed by atoms with Gasteiger partial charge in [0.2, 0.25) is 0 Å². The van der Waals surface area contributed by atoms with E-state index in [9.17, 15) is 0 Å². The molecule has 3 rings (SSSR count). The summed E-state index contributed by atoms with van der Waals surface area (Å²) in [5.74, 6) is 2.19. The van der Waals surface area contributed by atoms with E-state index in [1.807, 2.05) is 23.1 Å². The van der Waals surface area contributed by atoms with Crippen LogP contribution in [0.25, 0.3) is 0 Å². The monoisotopic (exact) mass is 284 g/mol. The van der Waals surface area contributed by atoms with Crippen LogP contribution in [0.3, 0.4) is 0 Å². The minimum Gasteiger partial charge on any atom is -0.369 e. The molecule has 100 valence electrons. The number of aromatic nitrogens is 1. The number of ether oxygens (including phenoxy) is 1. The highest BCUT2D eigenvalue weighted by molar-refractivity contribution is 7.99. The molecule has 2 aliphatic rings. The van der Waals surface area contributed by atoms with Crippen molar-refractivity contribution >= 4 is 23.1 Å². The van der Waals surface area contributed by atoms with Crippen LogP contribution in [-0.4, -0.2) is 29.6 Å². The van der Waals surface area contributed by atoms with Gasteiger partial charge in [-0.05, 0) is 25.8 Å². The number of hydrogen-bond acceptors (Lipinski definition) is 5.